The zero-order valence-electron chi connectivity index (χ0n) is 12.9. The summed E-state index contributed by atoms with van der Waals surface area (Å²) in [5.74, 6) is 1.13. The molecule has 0 amide bonds. The lowest BCUT2D eigenvalue weighted by Gasteiger charge is -2.09. The van der Waals surface area contributed by atoms with E-state index in [4.69, 9.17) is 9.72 Å². The zero-order chi connectivity index (χ0) is 15.5. The Morgan fingerprint density at radius 3 is 2.36 bits per heavy atom. The highest BCUT2D eigenvalue weighted by Crippen LogP contribution is 2.25. The molecule has 2 aromatic heterocycles. The van der Waals surface area contributed by atoms with Gasteiger partial charge in [0.15, 0.2) is 5.82 Å². The van der Waals surface area contributed by atoms with Crippen LogP contribution in [0.5, 0.6) is 5.88 Å². The molecule has 1 aromatic carbocycles. The maximum atomic E-state index is 5.22. The van der Waals surface area contributed by atoms with Gasteiger partial charge in [-0.05, 0) is 25.5 Å². The Hall–Kier alpha value is -2.75. The average molecular weight is 291 g/mol. The highest BCUT2D eigenvalue weighted by molar-refractivity contribution is 5.66. The van der Waals surface area contributed by atoms with Crippen LogP contribution in [0.1, 0.15) is 11.3 Å². The molecule has 0 bridgehead atoms. The average Bonchev–Trinajstić information content (AvgIpc) is 2.55. The van der Waals surface area contributed by atoms with Crippen LogP contribution in [0.15, 0.2) is 48.5 Å². The van der Waals surface area contributed by atoms with Crippen LogP contribution in [0.4, 0.5) is 0 Å². The number of aryl methyl sites for hydroxylation is 2. The van der Waals surface area contributed by atoms with E-state index in [9.17, 15) is 0 Å². The minimum Gasteiger partial charge on any atom is -0.481 e. The van der Waals surface area contributed by atoms with Gasteiger partial charge < -0.3 is 4.74 Å². The second kappa shape index (κ2) is 5.93. The number of pyridine rings is 1. The van der Waals surface area contributed by atoms with Gasteiger partial charge in [-0.15, -0.1) is 0 Å². The fourth-order valence-corrected chi connectivity index (χ4v) is 2.30. The first-order chi connectivity index (χ1) is 10.7. The number of nitrogens with zero attached hydrogens (tertiary/aromatic N) is 3. The van der Waals surface area contributed by atoms with Gasteiger partial charge >= 0.3 is 0 Å². The number of hydrogen-bond acceptors (Lipinski definition) is 4. The molecule has 0 atom stereocenters. The van der Waals surface area contributed by atoms with E-state index in [1.807, 2.05) is 37.3 Å². The molecule has 0 fully saturated rings. The van der Waals surface area contributed by atoms with E-state index in [-0.39, 0.29) is 0 Å². The van der Waals surface area contributed by atoms with Gasteiger partial charge in [0, 0.05) is 17.3 Å². The predicted octanol–water partition coefficient (Wildman–Crippen LogP) is 3.83. The second-order valence-electron chi connectivity index (χ2n) is 5.10. The van der Waals surface area contributed by atoms with Crippen LogP contribution in [0.25, 0.3) is 22.8 Å². The largest absolute Gasteiger partial charge is 0.481 e. The maximum absolute atomic E-state index is 5.22. The lowest BCUT2D eigenvalue weighted by atomic mass is 10.1. The van der Waals surface area contributed by atoms with E-state index in [1.165, 1.54) is 0 Å². The molecular weight excluding hydrogens is 274 g/mol. The van der Waals surface area contributed by atoms with Crippen molar-refractivity contribution >= 4 is 0 Å². The summed E-state index contributed by atoms with van der Waals surface area (Å²) in [6.45, 7) is 3.97. The van der Waals surface area contributed by atoms with Gasteiger partial charge in [0.1, 0.15) is 5.69 Å². The molecule has 0 aliphatic carbocycles. The highest BCUT2D eigenvalue weighted by atomic mass is 16.5. The Morgan fingerprint density at radius 1 is 0.864 bits per heavy atom. The van der Waals surface area contributed by atoms with Crippen LogP contribution in [0.3, 0.4) is 0 Å². The Labute approximate surface area is 129 Å². The molecule has 3 rings (SSSR count). The smallest absolute Gasteiger partial charge is 0.216 e. The molecule has 0 unspecified atom stereocenters. The van der Waals surface area contributed by atoms with Crippen LogP contribution < -0.4 is 4.74 Å². The van der Waals surface area contributed by atoms with Crippen molar-refractivity contribution in [2.75, 3.05) is 7.11 Å². The standard InChI is InChI=1S/C18H17N3O/c1-12-9-10-15(18-19-13(2)11-16(21-18)22-3)20-17(12)14-7-5-4-6-8-14/h4-11H,1-3H3. The lowest BCUT2D eigenvalue weighted by molar-refractivity contribution is 0.397. The second-order valence-corrected chi connectivity index (χ2v) is 5.10. The molecule has 0 radical (unpaired) electrons. The first kappa shape index (κ1) is 14.2. The van der Waals surface area contributed by atoms with Crippen LogP contribution in [0, 0.1) is 13.8 Å². The minimum atomic E-state index is 0.547. The van der Waals surface area contributed by atoms with Gasteiger partial charge in [-0.1, -0.05) is 36.4 Å². The summed E-state index contributed by atoms with van der Waals surface area (Å²) in [5.41, 5.74) is 4.75. The van der Waals surface area contributed by atoms with Crippen molar-refractivity contribution in [2.45, 2.75) is 13.8 Å². The Balaban J connectivity index is 2.12. The third-order valence-electron chi connectivity index (χ3n) is 3.41. The van der Waals surface area contributed by atoms with E-state index in [1.54, 1.807) is 13.2 Å². The van der Waals surface area contributed by atoms with E-state index in [0.29, 0.717) is 11.7 Å². The first-order valence-corrected chi connectivity index (χ1v) is 7.10. The summed E-state index contributed by atoms with van der Waals surface area (Å²) in [6, 6.07) is 15.9. The molecule has 4 nitrogen and oxygen atoms in total. The van der Waals surface area contributed by atoms with E-state index < -0.39 is 0 Å². The molecule has 0 N–H and O–H groups in total. The van der Waals surface area contributed by atoms with Crippen LogP contribution in [-0.2, 0) is 0 Å². The Morgan fingerprint density at radius 2 is 1.64 bits per heavy atom. The summed E-state index contributed by atoms with van der Waals surface area (Å²) < 4.78 is 5.22. The minimum absolute atomic E-state index is 0.547. The molecule has 0 saturated heterocycles. The fourth-order valence-electron chi connectivity index (χ4n) is 2.30. The Bertz CT molecular complexity index is 801. The number of ether oxygens (including phenoxy) is 1. The SMILES string of the molecule is COc1cc(C)nc(-c2ccc(C)c(-c3ccccc3)n2)n1. The van der Waals surface area contributed by atoms with Gasteiger partial charge in [-0.25, -0.2) is 9.97 Å². The van der Waals surface area contributed by atoms with Crippen molar-refractivity contribution < 1.29 is 4.74 Å². The molecule has 0 spiro atoms. The van der Waals surface area contributed by atoms with Gasteiger partial charge in [0.2, 0.25) is 5.88 Å². The van der Waals surface area contributed by atoms with Crippen molar-refractivity contribution in [1.29, 1.82) is 0 Å². The van der Waals surface area contributed by atoms with Gasteiger partial charge in [0.05, 0.1) is 12.8 Å². The summed E-state index contributed by atoms with van der Waals surface area (Å²) in [5, 5.41) is 0. The fraction of sp³-hybridized carbons (Fsp3) is 0.167. The summed E-state index contributed by atoms with van der Waals surface area (Å²) in [7, 11) is 1.60. The molecule has 2 heterocycles. The van der Waals surface area contributed by atoms with Gasteiger partial charge in [-0.3, -0.25) is 0 Å². The lowest BCUT2D eigenvalue weighted by Crippen LogP contribution is -1.99. The van der Waals surface area contributed by atoms with Crippen molar-refractivity contribution in [3.05, 3.63) is 59.8 Å². The topological polar surface area (TPSA) is 47.9 Å². The number of hydrogen-bond donors (Lipinski definition) is 0. The van der Waals surface area contributed by atoms with Crippen molar-refractivity contribution in [1.82, 2.24) is 15.0 Å². The van der Waals surface area contributed by atoms with Gasteiger partial charge in [-0.2, -0.15) is 4.98 Å². The van der Waals surface area contributed by atoms with Crippen LogP contribution in [-0.4, -0.2) is 22.1 Å². The normalized spacial score (nSPS) is 10.5. The third-order valence-corrected chi connectivity index (χ3v) is 3.41. The van der Waals surface area contributed by atoms with Crippen LogP contribution in [0.2, 0.25) is 0 Å². The summed E-state index contributed by atoms with van der Waals surface area (Å²) in [6.07, 6.45) is 0. The van der Waals surface area contributed by atoms with E-state index in [2.05, 4.69) is 29.0 Å². The molecule has 4 heteroatoms. The molecule has 0 saturated carbocycles. The molecule has 0 aliphatic heterocycles. The molecule has 22 heavy (non-hydrogen) atoms. The highest BCUT2D eigenvalue weighted by Gasteiger charge is 2.10. The number of aromatic nitrogens is 3. The number of methoxy groups -OCH3 is 1. The number of rotatable bonds is 3. The quantitative estimate of drug-likeness (QED) is 0.736. The Kier molecular flexibility index (Phi) is 3.83. The molecular formula is C18H17N3O. The van der Waals surface area contributed by atoms with E-state index >= 15 is 0 Å². The van der Waals surface area contributed by atoms with Crippen LogP contribution >= 0.6 is 0 Å². The first-order valence-electron chi connectivity index (χ1n) is 7.10. The van der Waals surface area contributed by atoms with Crippen molar-refractivity contribution in [2.24, 2.45) is 0 Å². The summed E-state index contributed by atoms with van der Waals surface area (Å²) >= 11 is 0. The van der Waals surface area contributed by atoms with Crippen molar-refractivity contribution in [3.63, 3.8) is 0 Å². The van der Waals surface area contributed by atoms with Gasteiger partial charge in [0.25, 0.3) is 0 Å². The monoisotopic (exact) mass is 291 g/mol. The van der Waals surface area contributed by atoms with E-state index in [0.717, 1.165) is 28.2 Å². The molecule has 110 valence electrons. The van der Waals surface area contributed by atoms with Crippen molar-refractivity contribution in [3.8, 4) is 28.7 Å². The zero-order valence-corrected chi connectivity index (χ0v) is 12.9. The number of benzene rings is 1. The molecule has 0 aliphatic rings. The third kappa shape index (κ3) is 2.81. The molecule has 3 aromatic rings. The predicted molar refractivity (Wildman–Crippen MR) is 86.7 cm³/mol. The summed E-state index contributed by atoms with van der Waals surface area (Å²) in [4.78, 5) is 13.6. The maximum Gasteiger partial charge on any atom is 0.216 e.